The molecular formula is C19H23FN8O2. The Labute approximate surface area is 172 Å². The zero-order valence-corrected chi connectivity index (χ0v) is 16.7. The third kappa shape index (κ3) is 3.36. The van der Waals surface area contributed by atoms with Crippen LogP contribution in [0.2, 0.25) is 0 Å². The second-order valence-corrected chi connectivity index (χ2v) is 7.24. The van der Waals surface area contributed by atoms with Gasteiger partial charge in [-0.1, -0.05) is 0 Å². The summed E-state index contributed by atoms with van der Waals surface area (Å²) in [6.45, 7) is 0.655. The zero-order valence-electron chi connectivity index (χ0n) is 16.7. The largest absolute Gasteiger partial charge is 0.494 e. The highest BCUT2D eigenvalue weighted by molar-refractivity contribution is 5.89. The maximum absolute atomic E-state index is 14.4. The van der Waals surface area contributed by atoms with Crippen molar-refractivity contribution in [3.63, 3.8) is 0 Å². The number of nitrogens with one attached hydrogen (secondary N) is 1. The average Bonchev–Trinajstić information content (AvgIpc) is 3.18. The van der Waals surface area contributed by atoms with Crippen molar-refractivity contribution in [3.8, 4) is 5.75 Å². The van der Waals surface area contributed by atoms with E-state index >= 15 is 0 Å². The Morgan fingerprint density at radius 1 is 1.37 bits per heavy atom. The minimum atomic E-state index is -0.550. The predicted molar refractivity (Wildman–Crippen MR) is 109 cm³/mol. The number of nitrogen functional groups attached to an aromatic ring is 1. The molecule has 2 aromatic heterocycles. The highest BCUT2D eigenvalue weighted by Crippen LogP contribution is 2.42. The fraction of sp³-hybridized carbons (Fsp3) is 0.368. The lowest BCUT2D eigenvalue weighted by atomic mass is 9.84. The van der Waals surface area contributed by atoms with E-state index in [-0.39, 0.29) is 17.6 Å². The number of methoxy groups -OCH3 is 1. The number of rotatable bonds is 4. The standard InChI is InChI=1S/C19H23FN8O2/c1-27-9-11(8-23-27)28-5-3-4-12(18(29)26-22)17(28)16-13-6-10(20)7-14(30-2)15(13)24-19(21)25-16/h6-9,12,17H,3-5,22H2,1-2H3,(H,26,29)(H2,21,24,25). The van der Waals surface area contributed by atoms with Gasteiger partial charge in [0.1, 0.15) is 17.1 Å². The number of carbonyl (C=O) groups excluding carboxylic acids is 1. The molecule has 158 valence electrons. The van der Waals surface area contributed by atoms with E-state index in [0.717, 1.165) is 12.1 Å². The lowest BCUT2D eigenvalue weighted by Gasteiger charge is -2.41. The van der Waals surface area contributed by atoms with Crippen LogP contribution in [0.15, 0.2) is 24.5 Å². The molecule has 30 heavy (non-hydrogen) atoms. The van der Waals surface area contributed by atoms with Crippen molar-refractivity contribution >= 4 is 28.4 Å². The molecule has 3 aromatic rings. The Morgan fingerprint density at radius 2 is 2.17 bits per heavy atom. The first kappa shape index (κ1) is 19.8. The van der Waals surface area contributed by atoms with Gasteiger partial charge in [0, 0.05) is 31.2 Å². The van der Waals surface area contributed by atoms with Gasteiger partial charge in [-0.2, -0.15) is 5.10 Å². The molecule has 1 fully saturated rings. The van der Waals surface area contributed by atoms with E-state index in [0.29, 0.717) is 29.6 Å². The first-order valence-electron chi connectivity index (χ1n) is 9.49. The highest BCUT2D eigenvalue weighted by atomic mass is 19.1. The van der Waals surface area contributed by atoms with E-state index in [9.17, 15) is 9.18 Å². The predicted octanol–water partition coefficient (Wildman–Crippen LogP) is 1.04. The number of halogens is 1. The molecule has 0 spiro atoms. The number of hydrogen-bond donors (Lipinski definition) is 3. The molecule has 11 heteroatoms. The SMILES string of the molecule is COc1cc(F)cc2c(C3C(C(=O)NN)CCCN3c3cnn(C)c3)nc(N)nc12. The minimum absolute atomic E-state index is 0.00558. The summed E-state index contributed by atoms with van der Waals surface area (Å²) in [5, 5.41) is 4.67. The van der Waals surface area contributed by atoms with Crippen LogP contribution in [-0.4, -0.2) is 39.3 Å². The number of hydrogen-bond acceptors (Lipinski definition) is 8. The van der Waals surface area contributed by atoms with Gasteiger partial charge in [0.2, 0.25) is 11.9 Å². The average molecular weight is 414 g/mol. The summed E-state index contributed by atoms with van der Waals surface area (Å²) in [4.78, 5) is 23.4. The van der Waals surface area contributed by atoms with Gasteiger partial charge < -0.3 is 15.4 Å². The van der Waals surface area contributed by atoms with Gasteiger partial charge in [-0.05, 0) is 18.9 Å². The molecule has 2 atom stereocenters. The summed E-state index contributed by atoms with van der Waals surface area (Å²) >= 11 is 0. The number of fused-ring (bicyclic) bond motifs is 1. The molecule has 10 nitrogen and oxygen atoms in total. The third-order valence-corrected chi connectivity index (χ3v) is 5.41. The van der Waals surface area contributed by atoms with Gasteiger partial charge in [0.05, 0.1) is 36.6 Å². The van der Waals surface area contributed by atoms with Crippen LogP contribution in [0, 0.1) is 11.7 Å². The number of nitrogens with zero attached hydrogens (tertiary/aromatic N) is 5. The fourth-order valence-corrected chi connectivity index (χ4v) is 4.15. The van der Waals surface area contributed by atoms with Gasteiger partial charge in [-0.3, -0.25) is 14.9 Å². The molecular weight excluding hydrogens is 391 g/mol. The number of ether oxygens (including phenoxy) is 1. The van der Waals surface area contributed by atoms with Crippen molar-refractivity contribution < 1.29 is 13.9 Å². The van der Waals surface area contributed by atoms with Crippen LogP contribution in [-0.2, 0) is 11.8 Å². The summed E-state index contributed by atoms with van der Waals surface area (Å²) in [5.74, 6) is 4.35. The van der Waals surface area contributed by atoms with Gasteiger partial charge in [-0.15, -0.1) is 0 Å². The summed E-state index contributed by atoms with van der Waals surface area (Å²) < 4.78 is 21.4. The van der Waals surface area contributed by atoms with Gasteiger partial charge >= 0.3 is 0 Å². The minimum Gasteiger partial charge on any atom is -0.494 e. The Morgan fingerprint density at radius 3 is 2.83 bits per heavy atom. The van der Waals surface area contributed by atoms with Crippen LogP contribution < -0.4 is 26.6 Å². The molecule has 1 amide bonds. The second kappa shape index (κ2) is 7.75. The van der Waals surface area contributed by atoms with E-state index in [4.69, 9.17) is 16.3 Å². The zero-order chi connectivity index (χ0) is 21.4. The van der Waals surface area contributed by atoms with Crippen molar-refractivity contribution in [2.75, 3.05) is 24.3 Å². The summed E-state index contributed by atoms with van der Waals surface area (Å²) in [5.41, 5.74) is 9.88. The number of piperidine rings is 1. The van der Waals surface area contributed by atoms with E-state index in [2.05, 4.69) is 20.5 Å². The number of carbonyl (C=O) groups is 1. The van der Waals surface area contributed by atoms with Crippen molar-refractivity contribution in [1.82, 2.24) is 25.2 Å². The molecule has 0 radical (unpaired) electrons. The van der Waals surface area contributed by atoms with E-state index in [1.807, 2.05) is 18.1 Å². The van der Waals surface area contributed by atoms with Crippen LogP contribution in [0.3, 0.4) is 0 Å². The number of nitrogens with two attached hydrogens (primary N) is 2. The van der Waals surface area contributed by atoms with Crippen molar-refractivity contribution in [2.24, 2.45) is 18.8 Å². The number of amides is 1. The summed E-state index contributed by atoms with van der Waals surface area (Å²) in [7, 11) is 3.24. The highest BCUT2D eigenvalue weighted by Gasteiger charge is 2.40. The van der Waals surface area contributed by atoms with Crippen molar-refractivity contribution in [3.05, 3.63) is 36.0 Å². The molecule has 1 aromatic carbocycles. The first-order chi connectivity index (χ1) is 14.4. The van der Waals surface area contributed by atoms with Crippen LogP contribution in [0.1, 0.15) is 24.6 Å². The Hall–Kier alpha value is -3.47. The number of benzene rings is 1. The molecule has 0 saturated carbocycles. The molecule has 1 saturated heterocycles. The van der Waals surface area contributed by atoms with E-state index < -0.39 is 17.8 Å². The third-order valence-electron chi connectivity index (χ3n) is 5.41. The number of aromatic nitrogens is 4. The maximum Gasteiger partial charge on any atom is 0.239 e. The molecule has 4 rings (SSSR count). The van der Waals surface area contributed by atoms with Crippen LogP contribution in [0.25, 0.3) is 10.9 Å². The van der Waals surface area contributed by atoms with Crippen LogP contribution in [0.4, 0.5) is 16.0 Å². The smallest absolute Gasteiger partial charge is 0.239 e. The number of aryl methyl sites for hydroxylation is 1. The van der Waals surface area contributed by atoms with E-state index in [1.54, 1.807) is 10.9 Å². The quantitative estimate of drug-likeness (QED) is 0.327. The van der Waals surface area contributed by atoms with Crippen molar-refractivity contribution in [2.45, 2.75) is 18.9 Å². The molecule has 0 aliphatic carbocycles. The lowest BCUT2D eigenvalue weighted by molar-refractivity contribution is -0.126. The van der Waals surface area contributed by atoms with Gasteiger partial charge in [0.15, 0.2) is 0 Å². The van der Waals surface area contributed by atoms with Gasteiger partial charge in [-0.25, -0.2) is 20.2 Å². The monoisotopic (exact) mass is 414 g/mol. The maximum atomic E-state index is 14.4. The normalized spacial score (nSPS) is 19.1. The Balaban J connectivity index is 1.97. The number of anilines is 2. The number of hydrazine groups is 1. The summed E-state index contributed by atoms with van der Waals surface area (Å²) in [6, 6.07) is 2.02. The van der Waals surface area contributed by atoms with Crippen LogP contribution >= 0.6 is 0 Å². The van der Waals surface area contributed by atoms with E-state index in [1.165, 1.54) is 19.2 Å². The topological polar surface area (TPSA) is 137 Å². The lowest BCUT2D eigenvalue weighted by Crippen LogP contribution is -2.47. The molecule has 0 bridgehead atoms. The van der Waals surface area contributed by atoms with Crippen LogP contribution in [0.5, 0.6) is 5.75 Å². The molecule has 1 aliphatic rings. The molecule has 2 unspecified atom stereocenters. The molecule has 3 heterocycles. The summed E-state index contributed by atoms with van der Waals surface area (Å²) in [6.07, 6.45) is 4.91. The Bertz CT molecular complexity index is 1100. The second-order valence-electron chi connectivity index (χ2n) is 7.24. The van der Waals surface area contributed by atoms with Crippen molar-refractivity contribution in [1.29, 1.82) is 0 Å². The fourth-order valence-electron chi connectivity index (χ4n) is 4.15. The molecule has 5 N–H and O–H groups in total. The molecule has 1 aliphatic heterocycles. The first-order valence-corrected chi connectivity index (χ1v) is 9.49. The Kier molecular flexibility index (Phi) is 5.12. The van der Waals surface area contributed by atoms with Gasteiger partial charge in [0.25, 0.3) is 0 Å².